The zero-order valence-corrected chi connectivity index (χ0v) is 13.2. The summed E-state index contributed by atoms with van der Waals surface area (Å²) in [5.41, 5.74) is 5.45. The van der Waals surface area contributed by atoms with Crippen molar-refractivity contribution in [3.8, 4) is 11.3 Å². The van der Waals surface area contributed by atoms with Crippen LogP contribution in [0.15, 0.2) is 46.6 Å². The molecule has 4 nitrogen and oxygen atoms in total. The molecule has 0 amide bonds. The van der Waals surface area contributed by atoms with Crippen LogP contribution in [0.1, 0.15) is 36.2 Å². The van der Waals surface area contributed by atoms with Gasteiger partial charge in [-0.15, -0.1) is 0 Å². The Balaban J connectivity index is 2.19. The van der Waals surface area contributed by atoms with Crippen molar-refractivity contribution in [3.05, 3.63) is 57.7 Å². The van der Waals surface area contributed by atoms with Crippen LogP contribution >= 0.6 is 11.3 Å². The maximum absolute atomic E-state index is 11.9. The van der Waals surface area contributed by atoms with Crippen LogP contribution in [0.2, 0.25) is 0 Å². The number of thiophene rings is 1. The maximum atomic E-state index is 11.9. The fourth-order valence-corrected chi connectivity index (χ4v) is 3.33. The first-order chi connectivity index (χ1) is 10.6. The fraction of sp³-hybridized carbons (Fsp3) is 0.176. The van der Waals surface area contributed by atoms with Gasteiger partial charge in [-0.25, -0.2) is 4.79 Å². The number of nitrogens with one attached hydrogen (secondary N) is 1. The van der Waals surface area contributed by atoms with Gasteiger partial charge in [0.25, 0.3) is 0 Å². The van der Waals surface area contributed by atoms with Gasteiger partial charge in [0.15, 0.2) is 0 Å². The molecule has 0 aromatic carbocycles. The molecule has 0 aliphatic carbocycles. The van der Waals surface area contributed by atoms with E-state index in [1.165, 1.54) is 11.3 Å². The van der Waals surface area contributed by atoms with Crippen LogP contribution in [0.5, 0.6) is 0 Å². The molecule has 0 spiro atoms. The quantitative estimate of drug-likeness (QED) is 0.894. The summed E-state index contributed by atoms with van der Waals surface area (Å²) in [5, 5.41) is 16.8. The summed E-state index contributed by atoms with van der Waals surface area (Å²) in [6, 6.07) is 3.68. The van der Waals surface area contributed by atoms with E-state index in [9.17, 15) is 9.90 Å². The summed E-state index contributed by atoms with van der Waals surface area (Å²) in [7, 11) is 0. The molecule has 3 heterocycles. The van der Waals surface area contributed by atoms with Crippen molar-refractivity contribution in [2.75, 3.05) is 0 Å². The van der Waals surface area contributed by atoms with E-state index in [4.69, 9.17) is 0 Å². The molecular formula is C17H16N2O2S. The number of aromatic nitrogens is 1. The van der Waals surface area contributed by atoms with E-state index in [0.29, 0.717) is 5.69 Å². The molecule has 0 atom stereocenters. The van der Waals surface area contributed by atoms with Crippen LogP contribution in [0, 0.1) is 0 Å². The Morgan fingerprint density at radius 2 is 2.18 bits per heavy atom. The van der Waals surface area contributed by atoms with Gasteiger partial charge in [-0.2, -0.15) is 11.3 Å². The third kappa shape index (κ3) is 2.55. The number of allylic oxidation sites excluding steroid dienone is 4. The second-order valence-corrected chi connectivity index (χ2v) is 6.00. The summed E-state index contributed by atoms with van der Waals surface area (Å²) in [6.07, 6.45) is 4.47. The fourth-order valence-electron chi connectivity index (χ4n) is 2.69. The zero-order valence-electron chi connectivity index (χ0n) is 12.4. The van der Waals surface area contributed by atoms with E-state index in [-0.39, 0.29) is 5.56 Å². The van der Waals surface area contributed by atoms with Crippen LogP contribution in [-0.4, -0.2) is 16.1 Å². The summed E-state index contributed by atoms with van der Waals surface area (Å²) < 4.78 is 0. The molecule has 2 aromatic heterocycles. The molecule has 0 radical (unpaired) electrons. The zero-order chi connectivity index (χ0) is 15.7. The Labute approximate surface area is 132 Å². The van der Waals surface area contributed by atoms with Gasteiger partial charge in [-0.3, -0.25) is 4.98 Å². The van der Waals surface area contributed by atoms with Gasteiger partial charge in [0.2, 0.25) is 0 Å². The minimum Gasteiger partial charge on any atom is -0.478 e. The van der Waals surface area contributed by atoms with E-state index >= 15 is 0 Å². The molecule has 0 saturated heterocycles. The Hall–Kier alpha value is -2.40. The maximum Gasteiger partial charge on any atom is 0.338 e. The normalized spacial score (nSPS) is 14.5. The van der Waals surface area contributed by atoms with E-state index in [2.05, 4.69) is 16.4 Å². The first kappa shape index (κ1) is 14.5. The molecule has 0 unspecified atom stereocenters. The van der Waals surface area contributed by atoms with Gasteiger partial charge in [0.05, 0.1) is 11.3 Å². The van der Waals surface area contributed by atoms with Crippen molar-refractivity contribution in [1.82, 2.24) is 10.3 Å². The molecule has 2 N–H and O–H groups in total. The van der Waals surface area contributed by atoms with Crippen LogP contribution in [0.3, 0.4) is 0 Å². The number of carboxylic acid groups (broad SMARTS) is 1. The molecule has 1 aliphatic heterocycles. The number of rotatable bonds is 3. The Morgan fingerprint density at radius 1 is 1.36 bits per heavy atom. The van der Waals surface area contributed by atoms with Gasteiger partial charge >= 0.3 is 5.97 Å². The van der Waals surface area contributed by atoms with Gasteiger partial charge in [0.1, 0.15) is 0 Å². The molecule has 2 aromatic rings. The molecule has 0 bridgehead atoms. The molecule has 3 rings (SSSR count). The number of dihydropyridines is 1. The largest absolute Gasteiger partial charge is 0.478 e. The molecule has 112 valence electrons. The number of carboxylic acids is 1. The second kappa shape index (κ2) is 5.77. The summed E-state index contributed by atoms with van der Waals surface area (Å²) >= 11 is 1.53. The number of hydrogen-bond acceptors (Lipinski definition) is 4. The van der Waals surface area contributed by atoms with Gasteiger partial charge in [-0.1, -0.05) is 6.08 Å². The SMILES string of the molecule is CC1=CCC(c2ccnc(-c3ccsc3)c2C(=O)O)=C(C)N1. The first-order valence-electron chi connectivity index (χ1n) is 6.96. The summed E-state index contributed by atoms with van der Waals surface area (Å²) in [6.45, 7) is 3.98. The van der Waals surface area contributed by atoms with Crippen molar-refractivity contribution in [1.29, 1.82) is 0 Å². The molecule has 5 heteroatoms. The van der Waals surface area contributed by atoms with E-state index in [1.54, 1.807) is 12.3 Å². The van der Waals surface area contributed by atoms with Crippen LogP contribution in [0.25, 0.3) is 16.8 Å². The molecular weight excluding hydrogens is 296 g/mol. The van der Waals surface area contributed by atoms with Crippen molar-refractivity contribution in [2.24, 2.45) is 0 Å². The van der Waals surface area contributed by atoms with Gasteiger partial charge in [0, 0.05) is 28.5 Å². The summed E-state index contributed by atoms with van der Waals surface area (Å²) in [4.78, 5) is 16.2. The van der Waals surface area contributed by atoms with E-state index in [0.717, 1.165) is 34.5 Å². The summed E-state index contributed by atoms with van der Waals surface area (Å²) in [5.74, 6) is -0.948. The molecule has 0 saturated carbocycles. The minimum atomic E-state index is -0.948. The lowest BCUT2D eigenvalue weighted by Crippen LogP contribution is -2.16. The average molecular weight is 312 g/mol. The highest BCUT2D eigenvalue weighted by molar-refractivity contribution is 7.08. The third-order valence-corrected chi connectivity index (χ3v) is 4.42. The van der Waals surface area contributed by atoms with Crippen molar-refractivity contribution < 1.29 is 9.90 Å². The molecule has 22 heavy (non-hydrogen) atoms. The topological polar surface area (TPSA) is 62.2 Å². The lowest BCUT2D eigenvalue weighted by atomic mass is 9.92. The standard InChI is InChI=1S/C17H16N2O2S/c1-10-3-4-13(11(2)19-10)14-5-7-18-16(15(14)17(20)21)12-6-8-22-9-12/h3,5-9,19H,4H2,1-2H3,(H,20,21). The Bertz CT molecular complexity index is 789. The molecule has 1 aliphatic rings. The van der Waals surface area contributed by atoms with Crippen LogP contribution < -0.4 is 5.32 Å². The van der Waals surface area contributed by atoms with Gasteiger partial charge in [-0.05, 0) is 48.9 Å². The Kier molecular flexibility index (Phi) is 3.81. The van der Waals surface area contributed by atoms with Crippen LogP contribution in [0.4, 0.5) is 0 Å². The minimum absolute atomic E-state index is 0.269. The second-order valence-electron chi connectivity index (χ2n) is 5.22. The van der Waals surface area contributed by atoms with Crippen LogP contribution in [-0.2, 0) is 0 Å². The number of aromatic carboxylic acids is 1. The average Bonchev–Trinajstić information content (AvgIpc) is 3.00. The highest BCUT2D eigenvalue weighted by atomic mass is 32.1. The number of pyridine rings is 1. The van der Waals surface area contributed by atoms with Gasteiger partial charge < -0.3 is 10.4 Å². The van der Waals surface area contributed by atoms with Crippen molar-refractivity contribution >= 4 is 22.9 Å². The van der Waals surface area contributed by atoms with Crippen molar-refractivity contribution in [2.45, 2.75) is 20.3 Å². The number of carbonyl (C=O) groups is 1. The van der Waals surface area contributed by atoms with Crippen molar-refractivity contribution in [3.63, 3.8) is 0 Å². The molecule has 0 fully saturated rings. The lowest BCUT2D eigenvalue weighted by molar-refractivity contribution is 0.0697. The predicted octanol–water partition coefficient (Wildman–Crippen LogP) is 4.14. The third-order valence-electron chi connectivity index (χ3n) is 3.73. The Morgan fingerprint density at radius 3 is 2.82 bits per heavy atom. The lowest BCUT2D eigenvalue weighted by Gasteiger charge is -2.21. The smallest absolute Gasteiger partial charge is 0.338 e. The highest BCUT2D eigenvalue weighted by Crippen LogP contribution is 2.33. The monoisotopic (exact) mass is 312 g/mol. The van der Waals surface area contributed by atoms with E-state index in [1.807, 2.05) is 30.7 Å². The highest BCUT2D eigenvalue weighted by Gasteiger charge is 2.22. The number of hydrogen-bond donors (Lipinski definition) is 2. The predicted molar refractivity (Wildman–Crippen MR) is 88.6 cm³/mol. The number of nitrogens with zero attached hydrogens (tertiary/aromatic N) is 1. The first-order valence-corrected chi connectivity index (χ1v) is 7.91. The van der Waals surface area contributed by atoms with E-state index < -0.39 is 5.97 Å².